The van der Waals surface area contributed by atoms with Crippen molar-refractivity contribution in [3.8, 4) is 0 Å². The number of aryl methyl sites for hydroxylation is 1. The molecule has 0 N–H and O–H groups in total. The third-order valence-corrected chi connectivity index (χ3v) is 5.28. The van der Waals surface area contributed by atoms with Crippen LogP contribution in [-0.4, -0.2) is 39.3 Å². The predicted octanol–water partition coefficient (Wildman–Crippen LogP) is 1.37. The highest BCUT2D eigenvalue weighted by molar-refractivity contribution is 7.89. The third-order valence-electron chi connectivity index (χ3n) is 3.30. The maximum atomic E-state index is 12.1. The number of carbonyl (C=O) groups excluding carboxylic acids is 1. The number of hydrogen-bond donors (Lipinski definition) is 0. The summed E-state index contributed by atoms with van der Waals surface area (Å²) in [4.78, 5) is 13.7. The van der Waals surface area contributed by atoms with E-state index in [1.165, 1.54) is 18.4 Å². The van der Waals surface area contributed by atoms with Gasteiger partial charge in [0.25, 0.3) is 0 Å². The Labute approximate surface area is 113 Å². The molecule has 0 aliphatic carbocycles. The van der Waals surface area contributed by atoms with Crippen molar-refractivity contribution >= 4 is 21.6 Å². The molecule has 5 nitrogen and oxygen atoms in total. The first-order chi connectivity index (χ1) is 8.84. The highest BCUT2D eigenvalue weighted by Gasteiger charge is 2.24. The second kappa shape index (κ2) is 4.94. The molecule has 0 aromatic heterocycles. The molecule has 0 radical (unpaired) electrons. The highest BCUT2D eigenvalue weighted by Crippen LogP contribution is 2.26. The van der Waals surface area contributed by atoms with Crippen molar-refractivity contribution in [3.05, 3.63) is 23.8 Å². The quantitative estimate of drug-likeness (QED) is 0.841. The van der Waals surface area contributed by atoms with Crippen LogP contribution in [0.1, 0.15) is 18.4 Å². The van der Waals surface area contributed by atoms with Gasteiger partial charge in [-0.25, -0.2) is 12.7 Å². The number of sulfonamides is 1. The topological polar surface area (TPSA) is 57.7 Å². The normalized spacial score (nSPS) is 16.4. The van der Waals surface area contributed by atoms with Gasteiger partial charge in [0.2, 0.25) is 15.9 Å². The van der Waals surface area contributed by atoms with Crippen molar-refractivity contribution < 1.29 is 13.2 Å². The van der Waals surface area contributed by atoms with E-state index in [4.69, 9.17) is 0 Å². The maximum absolute atomic E-state index is 12.1. The van der Waals surface area contributed by atoms with Gasteiger partial charge in [0.1, 0.15) is 0 Å². The Morgan fingerprint density at radius 1 is 1.26 bits per heavy atom. The molecule has 1 aliphatic heterocycles. The van der Waals surface area contributed by atoms with E-state index < -0.39 is 10.0 Å². The monoisotopic (exact) mass is 282 g/mol. The van der Waals surface area contributed by atoms with E-state index in [2.05, 4.69) is 0 Å². The van der Waals surface area contributed by atoms with Crippen LogP contribution in [0.5, 0.6) is 0 Å². The molecular weight excluding hydrogens is 264 g/mol. The van der Waals surface area contributed by atoms with E-state index >= 15 is 0 Å². The van der Waals surface area contributed by atoms with Crippen molar-refractivity contribution in [3.63, 3.8) is 0 Å². The van der Waals surface area contributed by atoms with Gasteiger partial charge in [0.15, 0.2) is 0 Å². The first kappa shape index (κ1) is 14.0. The summed E-state index contributed by atoms with van der Waals surface area (Å²) in [6.45, 7) is 2.46. The molecule has 1 saturated heterocycles. The van der Waals surface area contributed by atoms with E-state index in [0.717, 1.165) is 12.1 Å². The first-order valence-corrected chi connectivity index (χ1v) is 7.61. The summed E-state index contributed by atoms with van der Waals surface area (Å²) >= 11 is 0. The minimum absolute atomic E-state index is 0.0996. The Hall–Kier alpha value is -1.40. The van der Waals surface area contributed by atoms with Crippen LogP contribution in [0.25, 0.3) is 0 Å². The van der Waals surface area contributed by atoms with Gasteiger partial charge in [-0.3, -0.25) is 4.79 Å². The number of hydrogen-bond acceptors (Lipinski definition) is 3. The predicted molar refractivity (Wildman–Crippen MR) is 73.6 cm³/mol. The maximum Gasteiger partial charge on any atom is 0.242 e. The molecule has 2 rings (SSSR count). The lowest BCUT2D eigenvalue weighted by Crippen LogP contribution is -2.25. The summed E-state index contributed by atoms with van der Waals surface area (Å²) in [5.41, 5.74) is 1.43. The average Bonchev–Trinajstić information content (AvgIpc) is 2.74. The third kappa shape index (κ3) is 2.50. The van der Waals surface area contributed by atoms with Gasteiger partial charge in [-0.1, -0.05) is 0 Å². The van der Waals surface area contributed by atoms with Crippen molar-refractivity contribution in [2.24, 2.45) is 0 Å². The van der Waals surface area contributed by atoms with Gasteiger partial charge in [-0.05, 0) is 37.1 Å². The number of nitrogens with zero attached hydrogens (tertiary/aromatic N) is 2. The molecule has 1 amide bonds. The standard InChI is InChI=1S/C13H18N2O3S/c1-10-9-11(15-8-4-5-13(15)16)6-7-12(10)19(17,18)14(2)3/h6-7,9H,4-5,8H2,1-3H3. The molecule has 1 aliphatic rings. The van der Waals surface area contributed by atoms with Gasteiger partial charge < -0.3 is 4.90 Å². The van der Waals surface area contributed by atoms with Crippen molar-refractivity contribution in [2.75, 3.05) is 25.5 Å². The molecule has 0 spiro atoms. The van der Waals surface area contributed by atoms with Crippen LogP contribution in [-0.2, 0) is 14.8 Å². The van der Waals surface area contributed by atoms with Crippen LogP contribution in [0, 0.1) is 6.92 Å². The van der Waals surface area contributed by atoms with Crippen LogP contribution in [0.2, 0.25) is 0 Å². The Balaban J connectivity index is 2.40. The first-order valence-electron chi connectivity index (χ1n) is 6.17. The van der Waals surface area contributed by atoms with Crippen molar-refractivity contribution in [1.82, 2.24) is 4.31 Å². The van der Waals surface area contributed by atoms with E-state index in [9.17, 15) is 13.2 Å². The zero-order valence-electron chi connectivity index (χ0n) is 11.4. The lowest BCUT2D eigenvalue weighted by Gasteiger charge is -2.19. The largest absolute Gasteiger partial charge is 0.312 e. The second-order valence-corrected chi connectivity index (χ2v) is 7.01. The summed E-state index contributed by atoms with van der Waals surface area (Å²) in [7, 11) is -0.418. The number of carbonyl (C=O) groups is 1. The van der Waals surface area contributed by atoms with Crippen LogP contribution in [0.4, 0.5) is 5.69 Å². The minimum Gasteiger partial charge on any atom is -0.312 e. The zero-order valence-corrected chi connectivity index (χ0v) is 12.2. The summed E-state index contributed by atoms with van der Waals surface area (Å²) in [6, 6.07) is 5.04. The van der Waals surface area contributed by atoms with Crippen LogP contribution in [0.15, 0.2) is 23.1 Å². The van der Waals surface area contributed by atoms with E-state index in [0.29, 0.717) is 18.5 Å². The molecule has 104 valence electrons. The minimum atomic E-state index is -3.43. The Morgan fingerprint density at radius 2 is 1.95 bits per heavy atom. The second-order valence-electron chi connectivity index (χ2n) is 4.89. The Bertz CT molecular complexity index is 608. The number of rotatable bonds is 3. The van der Waals surface area contributed by atoms with Crippen LogP contribution < -0.4 is 4.90 Å². The van der Waals surface area contributed by atoms with Gasteiger partial charge in [-0.15, -0.1) is 0 Å². The molecule has 0 bridgehead atoms. The highest BCUT2D eigenvalue weighted by atomic mass is 32.2. The average molecular weight is 282 g/mol. The Kier molecular flexibility index (Phi) is 3.64. The smallest absolute Gasteiger partial charge is 0.242 e. The molecule has 0 atom stereocenters. The molecule has 0 unspecified atom stereocenters. The fraction of sp³-hybridized carbons (Fsp3) is 0.462. The molecule has 1 aromatic carbocycles. The summed E-state index contributed by atoms with van der Waals surface area (Å²) in [5, 5.41) is 0. The summed E-state index contributed by atoms with van der Waals surface area (Å²) in [5.74, 6) is 0.0996. The fourth-order valence-electron chi connectivity index (χ4n) is 2.21. The number of amides is 1. The van der Waals surface area contributed by atoms with Crippen molar-refractivity contribution in [2.45, 2.75) is 24.7 Å². The zero-order chi connectivity index (χ0) is 14.2. The molecule has 1 aromatic rings. The fourth-order valence-corrected chi connectivity index (χ4v) is 3.31. The van der Waals surface area contributed by atoms with Crippen LogP contribution >= 0.6 is 0 Å². The van der Waals surface area contributed by atoms with E-state index in [-0.39, 0.29) is 10.8 Å². The molecule has 0 saturated carbocycles. The van der Waals surface area contributed by atoms with Crippen molar-refractivity contribution in [1.29, 1.82) is 0 Å². The molecular formula is C13H18N2O3S. The molecule has 1 fully saturated rings. The molecule has 6 heteroatoms. The van der Waals surface area contributed by atoms with E-state index in [1.807, 2.05) is 0 Å². The lowest BCUT2D eigenvalue weighted by molar-refractivity contribution is -0.117. The molecule has 19 heavy (non-hydrogen) atoms. The lowest BCUT2D eigenvalue weighted by atomic mass is 10.2. The molecule has 1 heterocycles. The summed E-state index contributed by atoms with van der Waals surface area (Å²) in [6.07, 6.45) is 1.42. The number of anilines is 1. The number of benzene rings is 1. The SMILES string of the molecule is Cc1cc(N2CCCC2=O)ccc1S(=O)(=O)N(C)C. The van der Waals surface area contributed by atoms with Gasteiger partial charge in [0, 0.05) is 32.7 Å². The van der Waals surface area contributed by atoms with Gasteiger partial charge in [-0.2, -0.15) is 0 Å². The van der Waals surface area contributed by atoms with Gasteiger partial charge >= 0.3 is 0 Å². The summed E-state index contributed by atoms with van der Waals surface area (Å²) < 4.78 is 25.4. The Morgan fingerprint density at radius 3 is 2.42 bits per heavy atom. The van der Waals surface area contributed by atoms with E-state index in [1.54, 1.807) is 30.0 Å². The van der Waals surface area contributed by atoms with Crippen LogP contribution in [0.3, 0.4) is 0 Å². The van der Waals surface area contributed by atoms with Gasteiger partial charge in [0.05, 0.1) is 4.90 Å².